The van der Waals surface area contributed by atoms with Gasteiger partial charge in [-0.1, -0.05) is 116 Å². The zero-order valence-corrected chi connectivity index (χ0v) is 37.3. The SMILES string of the molecule is CCCCCCCCCCc1cc(Oc2ccc(O)cc2)cc(S(=O)(=O)O)c1.CCCCCCCCCCc1cc(Oc2ccc([O-])cc2)cc(S(=O)(=O)[O-])c1.[Ca+2]. The quantitative estimate of drug-likeness (QED) is 0.0392. The topological polar surface area (TPSA) is 173 Å². The van der Waals surface area contributed by atoms with E-state index in [9.17, 15) is 36.2 Å². The molecule has 57 heavy (non-hydrogen) atoms. The molecule has 0 aliphatic carbocycles. The monoisotopic (exact) mass is 850 g/mol. The second kappa shape index (κ2) is 27.0. The van der Waals surface area contributed by atoms with E-state index >= 15 is 0 Å². The van der Waals surface area contributed by atoms with E-state index in [1.807, 2.05) is 0 Å². The van der Waals surface area contributed by atoms with Gasteiger partial charge >= 0.3 is 37.7 Å². The van der Waals surface area contributed by atoms with Crippen molar-refractivity contribution in [2.45, 2.75) is 139 Å². The molecule has 4 aromatic rings. The van der Waals surface area contributed by atoms with Gasteiger partial charge in [0.25, 0.3) is 10.1 Å². The van der Waals surface area contributed by atoms with Gasteiger partial charge in [0.2, 0.25) is 0 Å². The Hall–Kier alpha value is -2.84. The summed E-state index contributed by atoms with van der Waals surface area (Å²) in [6.45, 7) is 4.41. The Morgan fingerprint density at radius 3 is 1.28 bits per heavy atom. The van der Waals surface area contributed by atoms with Crippen molar-refractivity contribution in [3.63, 3.8) is 0 Å². The standard InChI is InChI=1S/2C22H30O5S.Ca/c2*1-2-3-4-5-6-7-8-9-10-18-15-21(17-22(16-18)28(24,25)26)27-20-13-11-19(23)12-14-20;/h2*11-17,23H,2-10H2,1H3,(H,24,25,26);/q;;+2/p-2. The average molecular weight is 851 g/mol. The maximum atomic E-state index is 11.6. The van der Waals surface area contributed by atoms with Crippen LogP contribution in [0.4, 0.5) is 0 Å². The van der Waals surface area contributed by atoms with Crippen molar-refractivity contribution in [1.29, 1.82) is 0 Å². The summed E-state index contributed by atoms with van der Waals surface area (Å²) in [7, 11) is -8.89. The zero-order chi connectivity index (χ0) is 40.8. The summed E-state index contributed by atoms with van der Waals surface area (Å²) in [5.74, 6) is 1.50. The number of rotatable bonds is 24. The minimum absolute atomic E-state index is 0. The molecule has 0 heterocycles. The summed E-state index contributed by atoms with van der Waals surface area (Å²) in [6.07, 6.45) is 20.5. The Kier molecular flexibility index (Phi) is 23.8. The van der Waals surface area contributed by atoms with Crippen LogP contribution in [0.15, 0.2) is 94.7 Å². The molecule has 0 aliphatic rings. The minimum atomic E-state index is -4.57. The summed E-state index contributed by atoms with van der Waals surface area (Å²) < 4.78 is 78.4. The number of phenolic OH excluding ortho intramolecular Hbond substituents is 1. The molecule has 0 saturated carbocycles. The average Bonchev–Trinajstić information content (AvgIpc) is 3.15. The van der Waals surface area contributed by atoms with Crippen LogP contribution < -0.4 is 14.6 Å². The molecule has 0 aliphatic heterocycles. The summed E-state index contributed by atoms with van der Waals surface area (Å²) in [5.41, 5.74) is 1.58. The van der Waals surface area contributed by atoms with Crippen molar-refractivity contribution in [2.24, 2.45) is 0 Å². The molecule has 0 radical (unpaired) electrons. The molecular weight excluding hydrogens is 793 g/mol. The predicted octanol–water partition coefficient (Wildman–Crippen LogP) is 10.9. The van der Waals surface area contributed by atoms with E-state index in [1.54, 1.807) is 24.3 Å². The zero-order valence-electron chi connectivity index (χ0n) is 33.5. The summed E-state index contributed by atoms with van der Waals surface area (Å²) in [4.78, 5) is -0.460. The third-order valence-electron chi connectivity index (χ3n) is 9.24. The fourth-order valence-electron chi connectivity index (χ4n) is 6.18. The maximum Gasteiger partial charge on any atom is 2.00 e. The second-order valence-electron chi connectivity index (χ2n) is 14.2. The molecule has 4 aromatic carbocycles. The molecule has 0 spiro atoms. The van der Waals surface area contributed by atoms with Crippen LogP contribution in [-0.4, -0.2) is 68.8 Å². The predicted molar refractivity (Wildman–Crippen MR) is 223 cm³/mol. The van der Waals surface area contributed by atoms with Gasteiger partial charge in [0, 0.05) is 6.07 Å². The van der Waals surface area contributed by atoms with Crippen molar-refractivity contribution in [3.8, 4) is 34.5 Å². The van der Waals surface area contributed by atoms with E-state index in [-0.39, 0.29) is 64.8 Å². The third kappa shape index (κ3) is 21.1. The van der Waals surface area contributed by atoms with E-state index in [2.05, 4.69) is 13.8 Å². The number of aromatic hydroxyl groups is 1. The van der Waals surface area contributed by atoms with Gasteiger partial charge in [-0.3, -0.25) is 4.55 Å². The van der Waals surface area contributed by atoms with E-state index in [4.69, 9.17) is 9.47 Å². The van der Waals surface area contributed by atoms with E-state index in [0.717, 1.165) is 49.7 Å². The summed E-state index contributed by atoms with van der Waals surface area (Å²) in [5, 5.41) is 20.5. The molecule has 13 heteroatoms. The van der Waals surface area contributed by atoms with Gasteiger partial charge in [-0.05, 0) is 104 Å². The molecule has 2 N–H and O–H groups in total. The van der Waals surface area contributed by atoms with Crippen LogP contribution in [0.3, 0.4) is 0 Å². The first-order valence-electron chi connectivity index (χ1n) is 19.9. The smallest absolute Gasteiger partial charge is 0.872 e. The first-order chi connectivity index (χ1) is 26.8. The van der Waals surface area contributed by atoms with Crippen molar-refractivity contribution >= 4 is 58.0 Å². The molecule has 4 rings (SSSR count). The molecule has 0 atom stereocenters. The summed E-state index contributed by atoms with van der Waals surface area (Å²) >= 11 is 0. The van der Waals surface area contributed by atoms with Crippen molar-refractivity contribution in [3.05, 3.63) is 96.1 Å². The van der Waals surface area contributed by atoms with Crippen molar-refractivity contribution in [1.82, 2.24) is 0 Å². The number of ether oxygens (including phenoxy) is 2. The Morgan fingerprint density at radius 2 is 0.877 bits per heavy atom. The Morgan fingerprint density at radius 1 is 0.509 bits per heavy atom. The van der Waals surface area contributed by atoms with Gasteiger partial charge in [-0.2, -0.15) is 8.42 Å². The van der Waals surface area contributed by atoms with Crippen LogP contribution in [-0.2, 0) is 33.1 Å². The number of hydrogen-bond donors (Lipinski definition) is 2. The Balaban J connectivity index is 0.000000387. The van der Waals surface area contributed by atoms with Crippen LogP contribution in [0.2, 0.25) is 0 Å². The molecule has 0 fully saturated rings. The first kappa shape index (κ1) is 50.3. The largest absolute Gasteiger partial charge is 2.00 e. The van der Waals surface area contributed by atoms with Crippen molar-refractivity contribution in [2.75, 3.05) is 0 Å². The van der Waals surface area contributed by atoms with Crippen molar-refractivity contribution < 1.29 is 45.6 Å². The van der Waals surface area contributed by atoms with Crippen LogP contribution in [0.5, 0.6) is 34.5 Å². The van der Waals surface area contributed by atoms with Gasteiger partial charge < -0.3 is 24.2 Å². The second-order valence-corrected chi connectivity index (χ2v) is 17.0. The minimum Gasteiger partial charge on any atom is -0.872 e. The van der Waals surface area contributed by atoms with Gasteiger partial charge in [0.05, 0.1) is 9.79 Å². The van der Waals surface area contributed by atoms with E-state index in [1.165, 1.54) is 131 Å². The number of unbranched alkanes of at least 4 members (excludes halogenated alkanes) is 14. The molecular formula is C44H58CaO10S2. The first-order valence-corrected chi connectivity index (χ1v) is 22.7. The number of aryl methyl sites for hydroxylation is 2. The van der Waals surface area contributed by atoms with E-state index in [0.29, 0.717) is 23.7 Å². The van der Waals surface area contributed by atoms with Crippen LogP contribution in [0, 0.1) is 0 Å². The van der Waals surface area contributed by atoms with Crippen LogP contribution >= 0.6 is 0 Å². The van der Waals surface area contributed by atoms with E-state index < -0.39 is 20.2 Å². The van der Waals surface area contributed by atoms with Crippen LogP contribution in [0.25, 0.3) is 0 Å². The fourth-order valence-corrected chi connectivity index (χ4v) is 7.30. The van der Waals surface area contributed by atoms with Gasteiger partial charge in [0.1, 0.15) is 38.9 Å². The number of hydrogen-bond acceptors (Lipinski definition) is 9. The van der Waals surface area contributed by atoms with Gasteiger partial charge in [0.15, 0.2) is 0 Å². The normalized spacial score (nSPS) is 11.3. The summed E-state index contributed by atoms with van der Waals surface area (Å²) in [6, 6.07) is 20.9. The number of phenols is 1. The number of benzene rings is 4. The molecule has 0 amide bonds. The Labute approximate surface area is 370 Å². The molecule has 0 saturated heterocycles. The molecule has 10 nitrogen and oxygen atoms in total. The van der Waals surface area contributed by atoms with Crippen LogP contribution in [0.1, 0.15) is 128 Å². The maximum absolute atomic E-state index is 11.6. The Bertz CT molecular complexity index is 1810. The fraction of sp³-hybridized carbons (Fsp3) is 0.455. The van der Waals surface area contributed by atoms with Gasteiger partial charge in [-0.25, -0.2) is 8.42 Å². The molecule has 0 bridgehead atoms. The molecule has 0 aromatic heterocycles. The molecule has 0 unspecified atom stereocenters. The van der Waals surface area contributed by atoms with Gasteiger partial charge in [-0.15, -0.1) is 5.75 Å². The third-order valence-corrected chi connectivity index (χ3v) is 10.9. The molecule has 308 valence electrons.